The maximum atomic E-state index is 10.6. The molecule has 0 aromatic carbocycles. The molecule has 0 aliphatic carbocycles. The van der Waals surface area contributed by atoms with Gasteiger partial charge in [0.2, 0.25) is 0 Å². The summed E-state index contributed by atoms with van der Waals surface area (Å²) >= 11 is -5.01. The van der Waals surface area contributed by atoms with Crippen LogP contribution in [0.4, 0.5) is 13.2 Å². The zero-order valence-corrected chi connectivity index (χ0v) is 4.99. The van der Waals surface area contributed by atoms with E-state index in [1.807, 2.05) is 0 Å². The minimum atomic E-state index is -5.01. The summed E-state index contributed by atoms with van der Waals surface area (Å²) in [5, 5.41) is 0. The van der Waals surface area contributed by atoms with Crippen LogP contribution in [-0.2, 0) is 6.14 Å². The van der Waals surface area contributed by atoms with Crippen molar-refractivity contribution in [2.24, 2.45) is 0 Å². The van der Waals surface area contributed by atoms with E-state index in [0.29, 0.717) is 0 Å². The van der Waals surface area contributed by atoms with E-state index in [2.05, 4.69) is 0 Å². The number of alkyl halides is 4. The van der Waals surface area contributed by atoms with Gasteiger partial charge < -0.3 is 0 Å². The van der Waals surface area contributed by atoms with Crippen molar-refractivity contribution in [3.05, 3.63) is 0 Å². The third-order valence-electron chi connectivity index (χ3n) is 0.175. The Morgan fingerprint density at radius 1 is 1.14 bits per heavy atom. The summed E-state index contributed by atoms with van der Waals surface area (Å²) in [7, 11) is 0. The monoisotopic (exact) mass is 228 g/mol. The maximum absolute atomic E-state index is 10.6. The highest BCUT2D eigenvalue weighted by Gasteiger charge is 2.35. The zero-order valence-electron chi connectivity index (χ0n) is 2.83. The van der Waals surface area contributed by atoms with Crippen LogP contribution < -0.4 is 0 Å². The average Bonchev–Trinajstić information content (AvgIpc) is 1.31. The summed E-state index contributed by atoms with van der Waals surface area (Å²) < 4.78 is 45.0. The van der Waals surface area contributed by atoms with E-state index in [-0.39, 0.29) is 0 Å². The van der Waals surface area contributed by atoms with Crippen molar-refractivity contribution in [1.29, 1.82) is 0 Å². The lowest BCUT2D eigenvalue weighted by Gasteiger charge is -1.86. The Kier molecular flexibility index (Phi) is 1.96. The summed E-state index contributed by atoms with van der Waals surface area (Å²) in [6, 6.07) is 0. The lowest BCUT2D eigenvalue weighted by molar-refractivity contribution is -0.0150. The number of rotatable bonds is 0. The largest absolute Gasteiger partial charge is 0.505 e. The van der Waals surface area contributed by atoms with Crippen molar-refractivity contribution < 1.29 is 19.3 Å². The van der Waals surface area contributed by atoms with Crippen LogP contribution in [0.1, 0.15) is 0 Å². The van der Waals surface area contributed by atoms with Crippen LogP contribution in [0.2, 0.25) is 0 Å². The van der Waals surface area contributed by atoms with Gasteiger partial charge in [0, 0.05) is 0 Å². The topological polar surface area (TPSA) is 34.1 Å². The summed E-state index contributed by atoms with van der Waals surface area (Å²) in [5.41, 5.74) is 0. The Balaban J connectivity index is 4.08. The zero-order chi connectivity index (χ0) is 6.08. The van der Waals surface area contributed by atoms with Crippen LogP contribution in [0.25, 0.3) is 0 Å². The van der Waals surface area contributed by atoms with Gasteiger partial charge in [-0.3, -0.25) is 0 Å². The SMILES string of the molecule is O=I(=O)C(F)(F)F. The summed E-state index contributed by atoms with van der Waals surface area (Å²) in [4.78, 5) is 0. The Morgan fingerprint density at radius 2 is 1.29 bits per heavy atom. The van der Waals surface area contributed by atoms with Gasteiger partial charge in [0.15, 0.2) is 0 Å². The lowest BCUT2D eigenvalue weighted by Crippen LogP contribution is -1.93. The molecule has 0 saturated carbocycles. The average molecular weight is 228 g/mol. The minimum Gasteiger partial charge on any atom is -0.225 e. The van der Waals surface area contributed by atoms with Gasteiger partial charge in [-0.1, -0.05) is 0 Å². The van der Waals surface area contributed by atoms with Crippen LogP contribution >= 0.6 is 19.8 Å². The highest BCUT2D eigenvalue weighted by atomic mass is 127. The van der Waals surface area contributed by atoms with E-state index in [0.717, 1.165) is 0 Å². The summed E-state index contributed by atoms with van der Waals surface area (Å²) in [6.45, 7) is 0. The van der Waals surface area contributed by atoms with Crippen LogP contribution in [0, 0.1) is 0 Å². The molecule has 0 unspecified atom stereocenters. The molecule has 44 valence electrons. The van der Waals surface area contributed by atoms with E-state index in [9.17, 15) is 13.2 Å². The highest BCUT2D eigenvalue weighted by molar-refractivity contribution is 14.2. The molecule has 0 aliphatic heterocycles. The molecule has 0 radical (unpaired) electrons. The second-order valence-electron chi connectivity index (χ2n) is 0.646. The molecule has 0 rings (SSSR count). The summed E-state index contributed by atoms with van der Waals surface area (Å²) in [6.07, 6.45) is 0. The molecular weight excluding hydrogens is 228 g/mol. The van der Waals surface area contributed by atoms with Crippen molar-refractivity contribution in [2.45, 2.75) is 4.18 Å². The van der Waals surface area contributed by atoms with Crippen molar-refractivity contribution >= 4 is 19.8 Å². The molecular formula is CF3IO2. The molecule has 2 nitrogen and oxygen atoms in total. The third kappa shape index (κ3) is 2.77. The third-order valence-corrected chi connectivity index (χ3v) is 1.17. The predicted molar refractivity (Wildman–Crippen MR) is 21.4 cm³/mol. The van der Waals surface area contributed by atoms with Gasteiger partial charge in [0.25, 0.3) is 0 Å². The molecule has 0 bridgehead atoms. The van der Waals surface area contributed by atoms with E-state index in [4.69, 9.17) is 6.14 Å². The molecule has 0 aliphatic rings. The Bertz CT molecular complexity index is 113. The van der Waals surface area contributed by atoms with E-state index in [1.165, 1.54) is 0 Å². The van der Waals surface area contributed by atoms with Gasteiger partial charge >= 0.3 is 24.0 Å². The second kappa shape index (κ2) is 1.93. The molecule has 0 fully saturated rings. The Morgan fingerprint density at radius 3 is 1.29 bits per heavy atom. The lowest BCUT2D eigenvalue weighted by atomic mass is 11.6. The van der Waals surface area contributed by atoms with Gasteiger partial charge in [0.1, 0.15) is 0 Å². The fraction of sp³-hybridized carbons (Fsp3) is 1.00. The maximum Gasteiger partial charge on any atom is 0.505 e. The Labute approximate surface area is 43.8 Å². The van der Waals surface area contributed by atoms with Crippen molar-refractivity contribution in [3.8, 4) is 0 Å². The minimum absolute atomic E-state index is 4.95. The molecule has 0 aromatic heterocycles. The van der Waals surface area contributed by atoms with Gasteiger partial charge in [-0.05, 0) is 0 Å². The first-order chi connectivity index (χ1) is 2.94. The molecule has 0 amide bonds. The number of hydrogen-bond acceptors (Lipinski definition) is 2. The van der Waals surface area contributed by atoms with Crippen LogP contribution in [-0.4, -0.2) is 4.18 Å². The van der Waals surface area contributed by atoms with Gasteiger partial charge in [-0.15, -0.1) is 0 Å². The fourth-order valence-corrected chi connectivity index (χ4v) is 0. The molecule has 0 aromatic rings. The van der Waals surface area contributed by atoms with E-state index in [1.54, 1.807) is 0 Å². The quantitative estimate of drug-likeness (QED) is 0.467. The van der Waals surface area contributed by atoms with Crippen LogP contribution in [0.3, 0.4) is 0 Å². The molecule has 0 spiro atoms. The Hall–Kier alpha value is 0.120. The normalized spacial score (nSPS) is 12.6. The highest BCUT2D eigenvalue weighted by Crippen LogP contribution is 2.33. The standard InChI is InChI=1S/CF3IO2/c2-1(3,4)5(6)7. The van der Waals surface area contributed by atoms with Crippen molar-refractivity contribution in [1.82, 2.24) is 0 Å². The molecule has 0 atom stereocenters. The smallest absolute Gasteiger partial charge is 0.225 e. The molecule has 0 saturated heterocycles. The first kappa shape index (κ1) is 7.12. The van der Waals surface area contributed by atoms with Gasteiger partial charge in [0.05, 0.1) is 0 Å². The van der Waals surface area contributed by atoms with Gasteiger partial charge in [-0.2, -0.15) is 13.2 Å². The fourth-order valence-electron chi connectivity index (χ4n) is 0. The van der Waals surface area contributed by atoms with E-state index >= 15 is 0 Å². The first-order valence-electron chi connectivity index (χ1n) is 1.06. The molecule has 0 heterocycles. The van der Waals surface area contributed by atoms with Crippen molar-refractivity contribution in [2.75, 3.05) is 0 Å². The molecule has 7 heavy (non-hydrogen) atoms. The van der Waals surface area contributed by atoms with E-state index < -0.39 is 24.0 Å². The first-order valence-corrected chi connectivity index (χ1v) is 3.90. The molecule has 0 N–H and O–H groups in total. The van der Waals surface area contributed by atoms with Crippen LogP contribution in [0.15, 0.2) is 0 Å². The molecule has 6 heteroatoms. The van der Waals surface area contributed by atoms with Gasteiger partial charge in [-0.25, -0.2) is 6.14 Å². The summed E-state index contributed by atoms with van der Waals surface area (Å²) in [5.74, 6) is 0. The van der Waals surface area contributed by atoms with Crippen molar-refractivity contribution in [3.63, 3.8) is 0 Å². The number of halogens is 4. The second-order valence-corrected chi connectivity index (χ2v) is 3.11. The predicted octanol–water partition coefficient (Wildman–Crippen LogP) is 1.70. The number of hydrogen-bond donors (Lipinski definition) is 0. The van der Waals surface area contributed by atoms with Crippen LogP contribution in [0.5, 0.6) is 0 Å².